The van der Waals surface area contributed by atoms with Crippen LogP contribution >= 0.6 is 0 Å². The number of amides is 1. The number of para-hydroxylation sites is 1. The molecule has 0 aliphatic carbocycles. The van der Waals surface area contributed by atoms with Gasteiger partial charge in [0.05, 0.1) is 6.42 Å². The van der Waals surface area contributed by atoms with Gasteiger partial charge < -0.3 is 10.1 Å². The Hall–Kier alpha value is -2.69. The van der Waals surface area contributed by atoms with Crippen LogP contribution in [-0.2, 0) is 20.7 Å². The standard InChI is InChI=1S/C17H16FNO3/c1-12(17(21)19-15-8-3-2-4-9-15)22-16(20)11-13-6-5-7-14(18)10-13/h2-10,12H,11H2,1H3,(H,19,21)/t12-/m0/s1. The van der Waals surface area contributed by atoms with Gasteiger partial charge in [-0.2, -0.15) is 0 Å². The van der Waals surface area contributed by atoms with E-state index in [0.717, 1.165) is 0 Å². The Kier molecular flexibility index (Phi) is 5.25. The average molecular weight is 301 g/mol. The molecule has 1 amide bonds. The second kappa shape index (κ2) is 7.36. The van der Waals surface area contributed by atoms with E-state index in [4.69, 9.17) is 4.74 Å². The van der Waals surface area contributed by atoms with Crippen molar-refractivity contribution in [1.82, 2.24) is 0 Å². The lowest BCUT2D eigenvalue weighted by Crippen LogP contribution is -2.30. The zero-order valence-corrected chi connectivity index (χ0v) is 12.1. The Balaban J connectivity index is 1.86. The molecule has 5 heteroatoms. The van der Waals surface area contributed by atoms with Gasteiger partial charge in [0.2, 0.25) is 0 Å². The summed E-state index contributed by atoms with van der Waals surface area (Å²) in [4.78, 5) is 23.7. The molecule has 0 heterocycles. The molecule has 1 atom stereocenters. The highest BCUT2D eigenvalue weighted by atomic mass is 19.1. The van der Waals surface area contributed by atoms with Crippen LogP contribution in [-0.4, -0.2) is 18.0 Å². The van der Waals surface area contributed by atoms with Gasteiger partial charge in [-0.3, -0.25) is 9.59 Å². The summed E-state index contributed by atoms with van der Waals surface area (Å²) >= 11 is 0. The molecule has 2 aromatic carbocycles. The van der Waals surface area contributed by atoms with Crippen molar-refractivity contribution in [2.75, 3.05) is 5.32 Å². The quantitative estimate of drug-likeness (QED) is 0.864. The number of hydrogen-bond donors (Lipinski definition) is 1. The zero-order chi connectivity index (χ0) is 15.9. The fraction of sp³-hybridized carbons (Fsp3) is 0.176. The van der Waals surface area contributed by atoms with E-state index < -0.39 is 23.8 Å². The molecular formula is C17H16FNO3. The Labute approximate surface area is 127 Å². The van der Waals surface area contributed by atoms with E-state index in [0.29, 0.717) is 11.3 Å². The third-order valence-corrected chi connectivity index (χ3v) is 2.96. The zero-order valence-electron chi connectivity index (χ0n) is 12.1. The van der Waals surface area contributed by atoms with Gasteiger partial charge in [-0.1, -0.05) is 30.3 Å². The molecular weight excluding hydrogens is 285 g/mol. The SMILES string of the molecule is C[C@H](OC(=O)Cc1cccc(F)c1)C(=O)Nc1ccccc1. The van der Waals surface area contributed by atoms with E-state index in [2.05, 4.69) is 5.32 Å². The molecule has 2 aromatic rings. The summed E-state index contributed by atoms with van der Waals surface area (Å²) in [7, 11) is 0. The Morgan fingerprint density at radius 1 is 1.14 bits per heavy atom. The highest BCUT2D eigenvalue weighted by Crippen LogP contribution is 2.08. The highest BCUT2D eigenvalue weighted by molar-refractivity contribution is 5.95. The second-order valence-corrected chi connectivity index (χ2v) is 4.79. The van der Waals surface area contributed by atoms with Gasteiger partial charge >= 0.3 is 5.97 Å². The van der Waals surface area contributed by atoms with Gasteiger partial charge in [-0.25, -0.2) is 4.39 Å². The minimum absolute atomic E-state index is 0.0826. The minimum Gasteiger partial charge on any atom is -0.452 e. The van der Waals surface area contributed by atoms with Crippen LogP contribution in [0.15, 0.2) is 54.6 Å². The van der Waals surface area contributed by atoms with Crippen molar-refractivity contribution in [3.8, 4) is 0 Å². The number of halogens is 1. The highest BCUT2D eigenvalue weighted by Gasteiger charge is 2.18. The van der Waals surface area contributed by atoms with Crippen LogP contribution in [0.3, 0.4) is 0 Å². The van der Waals surface area contributed by atoms with Crippen LogP contribution in [0.1, 0.15) is 12.5 Å². The number of esters is 1. The maximum absolute atomic E-state index is 13.0. The molecule has 1 N–H and O–H groups in total. The molecule has 0 aliphatic heterocycles. The van der Waals surface area contributed by atoms with E-state index >= 15 is 0 Å². The maximum Gasteiger partial charge on any atom is 0.311 e. The molecule has 2 rings (SSSR count). The normalized spacial score (nSPS) is 11.5. The first kappa shape index (κ1) is 15.7. The predicted molar refractivity (Wildman–Crippen MR) is 80.7 cm³/mol. The van der Waals surface area contributed by atoms with Crippen molar-refractivity contribution in [2.45, 2.75) is 19.4 Å². The molecule has 0 bridgehead atoms. The number of ether oxygens (including phenoxy) is 1. The van der Waals surface area contributed by atoms with Gasteiger partial charge in [-0.05, 0) is 36.8 Å². The van der Waals surface area contributed by atoms with Gasteiger partial charge in [0.15, 0.2) is 6.10 Å². The van der Waals surface area contributed by atoms with E-state index in [1.807, 2.05) is 6.07 Å². The number of rotatable bonds is 5. The molecule has 4 nitrogen and oxygen atoms in total. The summed E-state index contributed by atoms with van der Waals surface area (Å²) in [6.07, 6.45) is -1.01. The minimum atomic E-state index is -0.929. The third kappa shape index (κ3) is 4.70. The summed E-state index contributed by atoms with van der Waals surface area (Å²) in [5, 5.41) is 2.64. The number of benzene rings is 2. The van der Waals surface area contributed by atoms with E-state index in [1.165, 1.54) is 25.1 Å². The van der Waals surface area contributed by atoms with Crippen molar-refractivity contribution in [3.63, 3.8) is 0 Å². The molecule has 0 radical (unpaired) electrons. The molecule has 0 fully saturated rings. The molecule has 22 heavy (non-hydrogen) atoms. The Morgan fingerprint density at radius 2 is 1.86 bits per heavy atom. The summed E-state index contributed by atoms with van der Waals surface area (Å²) in [5.41, 5.74) is 1.13. The van der Waals surface area contributed by atoms with Crippen LogP contribution in [0.2, 0.25) is 0 Å². The van der Waals surface area contributed by atoms with Crippen molar-refractivity contribution in [1.29, 1.82) is 0 Å². The fourth-order valence-electron chi connectivity index (χ4n) is 1.87. The third-order valence-electron chi connectivity index (χ3n) is 2.96. The van der Waals surface area contributed by atoms with Crippen molar-refractivity contribution < 1.29 is 18.7 Å². The fourth-order valence-corrected chi connectivity index (χ4v) is 1.87. The van der Waals surface area contributed by atoms with E-state index in [-0.39, 0.29) is 6.42 Å². The monoisotopic (exact) mass is 301 g/mol. The van der Waals surface area contributed by atoms with Crippen molar-refractivity contribution in [2.24, 2.45) is 0 Å². The molecule has 0 saturated heterocycles. The number of carbonyl (C=O) groups is 2. The molecule has 114 valence electrons. The second-order valence-electron chi connectivity index (χ2n) is 4.79. The summed E-state index contributed by atoms with van der Waals surface area (Å²) < 4.78 is 18.1. The average Bonchev–Trinajstić information content (AvgIpc) is 2.48. The Bertz CT molecular complexity index is 658. The van der Waals surface area contributed by atoms with Crippen LogP contribution in [0.25, 0.3) is 0 Å². The molecule has 0 unspecified atom stereocenters. The topological polar surface area (TPSA) is 55.4 Å². The first-order valence-electron chi connectivity index (χ1n) is 6.84. The van der Waals surface area contributed by atoms with Crippen LogP contribution in [0.4, 0.5) is 10.1 Å². The van der Waals surface area contributed by atoms with Gasteiger partial charge in [-0.15, -0.1) is 0 Å². The number of nitrogens with one attached hydrogen (secondary N) is 1. The van der Waals surface area contributed by atoms with Crippen LogP contribution < -0.4 is 5.32 Å². The van der Waals surface area contributed by atoms with E-state index in [1.54, 1.807) is 30.3 Å². The smallest absolute Gasteiger partial charge is 0.311 e. The Morgan fingerprint density at radius 3 is 2.55 bits per heavy atom. The van der Waals surface area contributed by atoms with Crippen LogP contribution in [0.5, 0.6) is 0 Å². The first-order chi connectivity index (χ1) is 10.5. The van der Waals surface area contributed by atoms with Gasteiger partial charge in [0, 0.05) is 5.69 Å². The van der Waals surface area contributed by atoms with Crippen LogP contribution in [0, 0.1) is 5.82 Å². The van der Waals surface area contributed by atoms with Gasteiger partial charge in [0.1, 0.15) is 5.82 Å². The number of anilines is 1. The lowest BCUT2D eigenvalue weighted by molar-refractivity contribution is -0.152. The molecule has 0 spiro atoms. The molecule has 0 aliphatic rings. The number of carbonyl (C=O) groups excluding carboxylic acids is 2. The molecule has 0 aromatic heterocycles. The molecule has 0 saturated carbocycles. The number of hydrogen-bond acceptors (Lipinski definition) is 3. The summed E-state index contributed by atoms with van der Waals surface area (Å²) in [6, 6.07) is 14.6. The lowest BCUT2D eigenvalue weighted by Gasteiger charge is -2.13. The van der Waals surface area contributed by atoms with Gasteiger partial charge in [0.25, 0.3) is 5.91 Å². The summed E-state index contributed by atoms with van der Waals surface area (Å²) in [6.45, 7) is 1.49. The maximum atomic E-state index is 13.0. The van der Waals surface area contributed by atoms with Crippen molar-refractivity contribution in [3.05, 3.63) is 66.0 Å². The largest absolute Gasteiger partial charge is 0.452 e. The predicted octanol–water partition coefficient (Wildman–Crippen LogP) is 2.94. The van der Waals surface area contributed by atoms with E-state index in [9.17, 15) is 14.0 Å². The lowest BCUT2D eigenvalue weighted by atomic mass is 10.1. The first-order valence-corrected chi connectivity index (χ1v) is 6.84. The van der Waals surface area contributed by atoms with Crippen molar-refractivity contribution >= 4 is 17.6 Å². The summed E-state index contributed by atoms with van der Waals surface area (Å²) in [5.74, 6) is -1.42.